The van der Waals surface area contributed by atoms with E-state index in [2.05, 4.69) is 20.5 Å². The molecule has 0 fully saturated rings. The summed E-state index contributed by atoms with van der Waals surface area (Å²) in [6.07, 6.45) is 6.18. The fourth-order valence-corrected chi connectivity index (χ4v) is 3.74. The first-order valence-corrected chi connectivity index (χ1v) is 11.1. The molecule has 0 saturated heterocycles. The van der Waals surface area contributed by atoms with Crippen molar-refractivity contribution in [3.63, 3.8) is 0 Å². The Labute approximate surface area is 190 Å². The van der Waals surface area contributed by atoms with Crippen molar-refractivity contribution in [3.05, 3.63) is 84.9 Å². The number of aromatic nitrogens is 4. The zero-order chi connectivity index (χ0) is 22.2. The molecular formula is C24H23N5O2S. The number of nitrogens with one attached hydrogen (secondary N) is 1. The van der Waals surface area contributed by atoms with Crippen LogP contribution in [0.25, 0.3) is 16.9 Å². The first-order valence-electron chi connectivity index (χ1n) is 10.2. The Balaban J connectivity index is 1.23. The van der Waals surface area contributed by atoms with Crippen molar-refractivity contribution in [2.24, 2.45) is 0 Å². The van der Waals surface area contributed by atoms with E-state index in [0.29, 0.717) is 17.3 Å². The van der Waals surface area contributed by atoms with Gasteiger partial charge >= 0.3 is 0 Å². The van der Waals surface area contributed by atoms with E-state index in [9.17, 15) is 4.79 Å². The molecule has 0 bridgehead atoms. The summed E-state index contributed by atoms with van der Waals surface area (Å²) in [6, 6.07) is 19.7. The van der Waals surface area contributed by atoms with Gasteiger partial charge in [0, 0.05) is 30.2 Å². The first kappa shape index (κ1) is 21.6. The maximum Gasteiger partial charge on any atom is 0.230 e. The standard InChI is InChI=1S/C24H23N5O2S/c1-31-21-8-2-18(3-9-21)12-13-26-23(30)16-32-24-11-10-22(27-28-24)19-4-6-20(7-5-19)29-15-14-25-17-29/h2-11,14-15,17H,12-13,16H2,1H3,(H,26,30). The van der Waals surface area contributed by atoms with Gasteiger partial charge in [0.15, 0.2) is 0 Å². The number of benzene rings is 2. The van der Waals surface area contributed by atoms with Gasteiger partial charge in [-0.25, -0.2) is 4.98 Å². The van der Waals surface area contributed by atoms with Gasteiger partial charge in [0.05, 0.1) is 24.9 Å². The van der Waals surface area contributed by atoms with Crippen LogP contribution in [0.5, 0.6) is 5.75 Å². The van der Waals surface area contributed by atoms with E-state index in [-0.39, 0.29) is 5.91 Å². The zero-order valence-corrected chi connectivity index (χ0v) is 18.5. The summed E-state index contributed by atoms with van der Waals surface area (Å²) in [5.74, 6) is 1.10. The molecule has 32 heavy (non-hydrogen) atoms. The zero-order valence-electron chi connectivity index (χ0n) is 17.6. The van der Waals surface area contributed by atoms with Crippen molar-refractivity contribution in [1.82, 2.24) is 25.1 Å². The van der Waals surface area contributed by atoms with Crippen molar-refractivity contribution >= 4 is 17.7 Å². The van der Waals surface area contributed by atoms with E-state index in [1.54, 1.807) is 19.6 Å². The monoisotopic (exact) mass is 445 g/mol. The minimum absolute atomic E-state index is 0.0236. The average molecular weight is 446 g/mol. The van der Waals surface area contributed by atoms with Gasteiger partial charge in [-0.2, -0.15) is 0 Å². The fraction of sp³-hybridized carbons (Fsp3) is 0.167. The molecular weight excluding hydrogens is 422 g/mol. The highest BCUT2D eigenvalue weighted by Crippen LogP contribution is 2.21. The van der Waals surface area contributed by atoms with E-state index in [1.807, 2.05) is 71.4 Å². The molecule has 4 aromatic rings. The normalized spacial score (nSPS) is 10.7. The summed E-state index contributed by atoms with van der Waals surface area (Å²) in [5.41, 5.74) is 3.95. The topological polar surface area (TPSA) is 81.9 Å². The largest absolute Gasteiger partial charge is 0.497 e. The SMILES string of the molecule is COc1ccc(CCNC(=O)CSc2ccc(-c3ccc(-n4ccnc4)cc3)nn2)cc1. The number of methoxy groups -OCH3 is 1. The molecule has 0 aliphatic carbocycles. The first-order chi connectivity index (χ1) is 15.7. The van der Waals surface area contributed by atoms with Crippen LogP contribution in [-0.2, 0) is 11.2 Å². The van der Waals surface area contributed by atoms with Gasteiger partial charge in [-0.05, 0) is 48.4 Å². The maximum atomic E-state index is 12.1. The predicted octanol–water partition coefficient (Wildman–Crippen LogP) is 3.79. The number of ether oxygens (including phenoxy) is 1. The molecule has 4 rings (SSSR count). The molecule has 0 saturated carbocycles. The Hall–Kier alpha value is -3.65. The van der Waals surface area contributed by atoms with Crippen molar-refractivity contribution < 1.29 is 9.53 Å². The molecule has 0 aliphatic heterocycles. The Morgan fingerprint density at radius 1 is 1.03 bits per heavy atom. The number of hydrogen-bond donors (Lipinski definition) is 1. The molecule has 0 spiro atoms. The molecule has 0 unspecified atom stereocenters. The van der Waals surface area contributed by atoms with Gasteiger partial charge in [-0.3, -0.25) is 4.79 Å². The van der Waals surface area contributed by atoms with Gasteiger partial charge in [0.25, 0.3) is 0 Å². The summed E-state index contributed by atoms with van der Waals surface area (Å²) in [4.78, 5) is 16.2. The molecule has 2 aromatic heterocycles. The van der Waals surface area contributed by atoms with Crippen LogP contribution in [0.3, 0.4) is 0 Å². The average Bonchev–Trinajstić information content (AvgIpc) is 3.39. The third kappa shape index (κ3) is 5.73. The number of rotatable bonds is 9. The van der Waals surface area contributed by atoms with Crippen LogP contribution in [-0.4, -0.2) is 45.1 Å². The van der Waals surface area contributed by atoms with Crippen LogP contribution in [0.1, 0.15) is 5.56 Å². The number of amides is 1. The third-order valence-corrected chi connectivity index (χ3v) is 5.77. The molecule has 2 aromatic carbocycles. The lowest BCUT2D eigenvalue weighted by atomic mass is 10.1. The number of imidazole rings is 1. The van der Waals surface area contributed by atoms with Gasteiger partial charge < -0.3 is 14.6 Å². The Kier molecular flexibility index (Phi) is 7.14. The lowest BCUT2D eigenvalue weighted by Crippen LogP contribution is -2.27. The number of thioether (sulfide) groups is 1. The molecule has 0 radical (unpaired) electrons. The molecule has 2 heterocycles. The number of hydrogen-bond acceptors (Lipinski definition) is 6. The Bertz CT molecular complexity index is 1130. The second-order valence-corrected chi connectivity index (χ2v) is 8.01. The highest BCUT2D eigenvalue weighted by molar-refractivity contribution is 7.99. The molecule has 8 heteroatoms. The van der Waals surface area contributed by atoms with Gasteiger partial charge in [-0.1, -0.05) is 36.0 Å². The Morgan fingerprint density at radius 3 is 2.50 bits per heavy atom. The molecule has 0 atom stereocenters. The lowest BCUT2D eigenvalue weighted by molar-refractivity contribution is -0.118. The summed E-state index contributed by atoms with van der Waals surface area (Å²) < 4.78 is 7.09. The van der Waals surface area contributed by atoms with Crippen LogP contribution in [0, 0.1) is 0 Å². The van der Waals surface area contributed by atoms with E-state index in [0.717, 1.165) is 34.7 Å². The van der Waals surface area contributed by atoms with E-state index < -0.39 is 0 Å². The van der Waals surface area contributed by atoms with Crippen molar-refractivity contribution in [2.75, 3.05) is 19.4 Å². The second kappa shape index (κ2) is 10.6. The van der Waals surface area contributed by atoms with Crippen molar-refractivity contribution in [1.29, 1.82) is 0 Å². The molecule has 0 aliphatic rings. The van der Waals surface area contributed by atoms with Crippen LogP contribution in [0.2, 0.25) is 0 Å². The smallest absolute Gasteiger partial charge is 0.230 e. The molecule has 162 valence electrons. The van der Waals surface area contributed by atoms with E-state index >= 15 is 0 Å². The quantitative estimate of drug-likeness (QED) is 0.395. The summed E-state index contributed by atoms with van der Waals surface area (Å²) in [7, 11) is 1.64. The van der Waals surface area contributed by atoms with Crippen LogP contribution in [0.15, 0.2) is 84.4 Å². The minimum atomic E-state index is -0.0236. The van der Waals surface area contributed by atoms with E-state index in [1.165, 1.54) is 11.8 Å². The third-order valence-electron chi connectivity index (χ3n) is 4.85. The molecule has 1 N–H and O–H groups in total. The van der Waals surface area contributed by atoms with Crippen LogP contribution in [0.4, 0.5) is 0 Å². The van der Waals surface area contributed by atoms with Crippen molar-refractivity contribution in [3.8, 4) is 22.7 Å². The van der Waals surface area contributed by atoms with Crippen LogP contribution >= 0.6 is 11.8 Å². The molecule has 7 nitrogen and oxygen atoms in total. The summed E-state index contributed by atoms with van der Waals surface area (Å²) in [6.45, 7) is 0.589. The van der Waals surface area contributed by atoms with Gasteiger partial charge in [0.1, 0.15) is 10.8 Å². The van der Waals surface area contributed by atoms with E-state index in [4.69, 9.17) is 4.74 Å². The highest BCUT2D eigenvalue weighted by Gasteiger charge is 2.06. The number of carbonyl (C=O) groups excluding carboxylic acids is 1. The minimum Gasteiger partial charge on any atom is -0.497 e. The highest BCUT2D eigenvalue weighted by atomic mass is 32.2. The lowest BCUT2D eigenvalue weighted by Gasteiger charge is -2.07. The summed E-state index contributed by atoms with van der Waals surface area (Å²) in [5, 5.41) is 12.2. The summed E-state index contributed by atoms with van der Waals surface area (Å²) >= 11 is 1.37. The van der Waals surface area contributed by atoms with Gasteiger partial charge in [-0.15, -0.1) is 10.2 Å². The fourth-order valence-electron chi connectivity index (χ4n) is 3.10. The molecule has 1 amide bonds. The predicted molar refractivity (Wildman–Crippen MR) is 125 cm³/mol. The van der Waals surface area contributed by atoms with Crippen molar-refractivity contribution in [2.45, 2.75) is 11.4 Å². The van der Waals surface area contributed by atoms with Gasteiger partial charge in [0.2, 0.25) is 5.91 Å². The maximum absolute atomic E-state index is 12.1. The van der Waals surface area contributed by atoms with Crippen LogP contribution < -0.4 is 10.1 Å². The second-order valence-electron chi connectivity index (χ2n) is 7.01. The number of nitrogens with zero attached hydrogens (tertiary/aromatic N) is 4. The number of carbonyl (C=O) groups is 1. The Morgan fingerprint density at radius 2 is 1.84 bits per heavy atom.